The summed E-state index contributed by atoms with van der Waals surface area (Å²) in [4.78, 5) is 32.5. The highest BCUT2D eigenvalue weighted by molar-refractivity contribution is 7.22. The van der Waals surface area contributed by atoms with E-state index in [0.717, 1.165) is 41.3 Å². The lowest BCUT2D eigenvalue weighted by molar-refractivity contribution is -0.122. The van der Waals surface area contributed by atoms with Crippen molar-refractivity contribution >= 4 is 32.6 Å². The van der Waals surface area contributed by atoms with Gasteiger partial charge in [0.15, 0.2) is 10.6 Å². The largest absolute Gasteiger partial charge is 0.467 e. The molecule has 3 aromatic heterocycles. The average molecular weight is 436 g/mol. The highest BCUT2D eigenvalue weighted by Crippen LogP contribution is 2.34. The Morgan fingerprint density at radius 1 is 1.13 bits per heavy atom. The molecule has 5 rings (SSSR count). The summed E-state index contributed by atoms with van der Waals surface area (Å²) >= 11 is 1.49. The molecule has 1 aliphatic rings. The lowest BCUT2D eigenvalue weighted by Gasteiger charge is -2.11. The number of hydrogen-bond acceptors (Lipinski definition) is 7. The van der Waals surface area contributed by atoms with Crippen LogP contribution in [0.5, 0.6) is 0 Å². The Morgan fingerprint density at radius 2 is 1.94 bits per heavy atom. The smallest absolute Gasteiger partial charge is 0.294 e. The van der Waals surface area contributed by atoms with Gasteiger partial charge in [0.1, 0.15) is 18.0 Å². The Labute approximate surface area is 182 Å². The maximum Gasteiger partial charge on any atom is 0.294 e. The molecule has 0 aliphatic carbocycles. The molecule has 1 amide bonds. The van der Waals surface area contributed by atoms with Crippen LogP contribution in [0.15, 0.2) is 57.9 Å². The fourth-order valence-corrected chi connectivity index (χ4v) is 4.79. The molecule has 1 fully saturated rings. The molecule has 1 aliphatic heterocycles. The van der Waals surface area contributed by atoms with Gasteiger partial charge in [-0.05, 0) is 25.0 Å². The number of carbonyl (C=O) groups excluding carboxylic acids is 1. The summed E-state index contributed by atoms with van der Waals surface area (Å²) < 4.78 is 7.19. The Hall–Kier alpha value is -3.46. The van der Waals surface area contributed by atoms with Crippen LogP contribution in [0.1, 0.15) is 18.6 Å². The monoisotopic (exact) mass is 435 g/mol. The van der Waals surface area contributed by atoms with Gasteiger partial charge in [0.05, 0.1) is 17.5 Å². The maximum absolute atomic E-state index is 13.1. The number of nitrogens with zero attached hydrogens (tertiary/aromatic N) is 4. The van der Waals surface area contributed by atoms with E-state index in [1.807, 2.05) is 30.3 Å². The molecular formula is C22H21N5O3S. The van der Waals surface area contributed by atoms with Crippen LogP contribution in [0, 0.1) is 0 Å². The van der Waals surface area contributed by atoms with Crippen molar-refractivity contribution in [3.8, 4) is 11.3 Å². The van der Waals surface area contributed by atoms with Crippen molar-refractivity contribution in [1.29, 1.82) is 0 Å². The van der Waals surface area contributed by atoms with E-state index in [1.165, 1.54) is 16.0 Å². The summed E-state index contributed by atoms with van der Waals surface area (Å²) in [6.45, 7) is 1.95. The van der Waals surface area contributed by atoms with Gasteiger partial charge >= 0.3 is 0 Å². The summed E-state index contributed by atoms with van der Waals surface area (Å²) in [5, 5.41) is 8.16. The number of hydrogen-bond donors (Lipinski definition) is 1. The third kappa shape index (κ3) is 3.96. The fourth-order valence-electron chi connectivity index (χ4n) is 3.67. The number of nitrogens with one attached hydrogen (secondary N) is 1. The number of amides is 1. The first-order valence-electron chi connectivity index (χ1n) is 10.2. The second kappa shape index (κ2) is 8.35. The summed E-state index contributed by atoms with van der Waals surface area (Å²) in [6, 6.07) is 13.2. The normalized spacial score (nSPS) is 13.7. The van der Waals surface area contributed by atoms with Crippen LogP contribution in [0.3, 0.4) is 0 Å². The Balaban J connectivity index is 1.52. The van der Waals surface area contributed by atoms with Crippen LogP contribution in [-0.4, -0.2) is 33.8 Å². The highest BCUT2D eigenvalue weighted by Gasteiger charge is 2.22. The molecule has 31 heavy (non-hydrogen) atoms. The van der Waals surface area contributed by atoms with Crippen LogP contribution in [-0.2, 0) is 17.9 Å². The minimum Gasteiger partial charge on any atom is -0.467 e. The van der Waals surface area contributed by atoms with Crippen LogP contribution in [0.25, 0.3) is 21.5 Å². The van der Waals surface area contributed by atoms with Crippen molar-refractivity contribution in [2.45, 2.75) is 25.9 Å². The van der Waals surface area contributed by atoms with Gasteiger partial charge < -0.3 is 14.6 Å². The van der Waals surface area contributed by atoms with Crippen molar-refractivity contribution in [3.63, 3.8) is 0 Å². The van der Waals surface area contributed by atoms with E-state index in [1.54, 1.807) is 18.4 Å². The Bertz CT molecular complexity index is 1260. The van der Waals surface area contributed by atoms with Gasteiger partial charge in [0, 0.05) is 18.7 Å². The molecule has 1 saturated heterocycles. The van der Waals surface area contributed by atoms with E-state index in [4.69, 9.17) is 4.42 Å². The summed E-state index contributed by atoms with van der Waals surface area (Å²) in [6.07, 6.45) is 3.80. The molecule has 0 atom stereocenters. The molecule has 4 aromatic rings. The first-order chi connectivity index (χ1) is 15.2. The van der Waals surface area contributed by atoms with E-state index in [2.05, 4.69) is 20.3 Å². The van der Waals surface area contributed by atoms with Gasteiger partial charge in [-0.2, -0.15) is 5.10 Å². The van der Waals surface area contributed by atoms with E-state index < -0.39 is 0 Å². The minimum atomic E-state index is -0.357. The third-order valence-electron chi connectivity index (χ3n) is 5.25. The number of aromatic nitrogens is 3. The van der Waals surface area contributed by atoms with Crippen molar-refractivity contribution < 1.29 is 9.21 Å². The number of rotatable bonds is 6. The average Bonchev–Trinajstić information content (AvgIpc) is 3.55. The number of fused-ring (bicyclic) bond motifs is 1. The zero-order chi connectivity index (χ0) is 21.2. The van der Waals surface area contributed by atoms with Crippen LogP contribution >= 0.6 is 11.3 Å². The summed E-state index contributed by atoms with van der Waals surface area (Å²) in [5.74, 6) is 0.322. The minimum absolute atomic E-state index is 0.189. The van der Waals surface area contributed by atoms with Gasteiger partial charge in [-0.15, -0.1) is 0 Å². The molecule has 9 heteroatoms. The molecule has 0 spiro atoms. The van der Waals surface area contributed by atoms with Crippen molar-refractivity contribution in [3.05, 3.63) is 64.8 Å². The maximum atomic E-state index is 13.1. The van der Waals surface area contributed by atoms with Crippen molar-refractivity contribution in [2.24, 2.45) is 0 Å². The lowest BCUT2D eigenvalue weighted by Crippen LogP contribution is -2.33. The van der Waals surface area contributed by atoms with Gasteiger partial charge in [0.2, 0.25) is 5.91 Å². The lowest BCUT2D eigenvalue weighted by atomic mass is 10.1. The van der Waals surface area contributed by atoms with Gasteiger partial charge in [-0.1, -0.05) is 41.7 Å². The summed E-state index contributed by atoms with van der Waals surface area (Å²) in [5.41, 5.74) is 1.55. The first-order valence-corrected chi connectivity index (χ1v) is 11.0. The van der Waals surface area contributed by atoms with Crippen LogP contribution < -0.4 is 15.8 Å². The standard InChI is InChI=1S/C22H21N5O3S/c28-17(23-13-16-9-6-12-30-16)14-27-21(29)19-20(18(25-27)15-7-2-1-3-8-15)31-22(24-19)26-10-4-5-11-26/h1-3,6-9,12H,4-5,10-11,13-14H2,(H,23,28). The van der Waals surface area contributed by atoms with Gasteiger partial charge in [0.25, 0.3) is 5.56 Å². The van der Waals surface area contributed by atoms with Crippen molar-refractivity contribution in [2.75, 3.05) is 18.0 Å². The number of thiazole rings is 1. The number of furan rings is 1. The van der Waals surface area contributed by atoms with Gasteiger partial charge in [-0.25, -0.2) is 9.67 Å². The predicted octanol–water partition coefficient (Wildman–Crippen LogP) is 3.03. The number of anilines is 1. The Kier molecular flexibility index (Phi) is 5.25. The second-order valence-electron chi connectivity index (χ2n) is 7.40. The molecule has 0 bridgehead atoms. The number of benzene rings is 1. The SMILES string of the molecule is O=C(Cn1nc(-c2ccccc2)c2sc(N3CCCC3)nc2c1=O)NCc1ccco1. The molecule has 0 saturated carbocycles. The molecule has 0 unspecified atom stereocenters. The van der Waals surface area contributed by atoms with Crippen LogP contribution in [0.2, 0.25) is 0 Å². The van der Waals surface area contributed by atoms with E-state index >= 15 is 0 Å². The third-order valence-corrected chi connectivity index (χ3v) is 6.37. The highest BCUT2D eigenvalue weighted by atomic mass is 32.1. The van der Waals surface area contributed by atoms with Gasteiger partial charge in [-0.3, -0.25) is 9.59 Å². The fraction of sp³-hybridized carbons (Fsp3) is 0.273. The molecule has 158 valence electrons. The zero-order valence-electron chi connectivity index (χ0n) is 16.8. The van der Waals surface area contributed by atoms with E-state index in [-0.39, 0.29) is 24.6 Å². The molecule has 1 aromatic carbocycles. The predicted molar refractivity (Wildman–Crippen MR) is 119 cm³/mol. The molecular weight excluding hydrogens is 414 g/mol. The summed E-state index contributed by atoms with van der Waals surface area (Å²) in [7, 11) is 0. The van der Waals surface area contributed by atoms with Crippen LogP contribution in [0.4, 0.5) is 5.13 Å². The molecule has 0 radical (unpaired) electrons. The van der Waals surface area contributed by atoms with Crippen molar-refractivity contribution in [1.82, 2.24) is 20.1 Å². The molecule has 8 nitrogen and oxygen atoms in total. The molecule has 1 N–H and O–H groups in total. The second-order valence-corrected chi connectivity index (χ2v) is 8.38. The first kappa shape index (κ1) is 19.5. The number of carbonyl (C=O) groups is 1. The quantitative estimate of drug-likeness (QED) is 0.500. The Morgan fingerprint density at radius 3 is 2.68 bits per heavy atom. The topological polar surface area (TPSA) is 93.3 Å². The molecule has 4 heterocycles. The van der Waals surface area contributed by atoms with E-state index in [9.17, 15) is 9.59 Å². The van der Waals surface area contributed by atoms with E-state index in [0.29, 0.717) is 17.0 Å². The zero-order valence-corrected chi connectivity index (χ0v) is 17.6.